The van der Waals surface area contributed by atoms with Crippen molar-refractivity contribution in [1.82, 2.24) is 30.0 Å². The molecule has 2 unspecified atom stereocenters. The van der Waals surface area contributed by atoms with Crippen molar-refractivity contribution >= 4 is 29.4 Å². The van der Waals surface area contributed by atoms with E-state index in [2.05, 4.69) is 10.6 Å². The summed E-state index contributed by atoms with van der Waals surface area (Å²) < 4.78 is 75.7. The van der Waals surface area contributed by atoms with E-state index in [1.165, 1.54) is 12.2 Å². The molecule has 3 aromatic rings. The Bertz CT molecular complexity index is 2310. The molecule has 4 amide bonds. The fourth-order valence-electron chi connectivity index (χ4n) is 8.83. The van der Waals surface area contributed by atoms with Gasteiger partial charge in [0.2, 0.25) is 11.8 Å². The van der Waals surface area contributed by atoms with Crippen molar-refractivity contribution < 1.29 is 96.2 Å². The number of nitrogens with one attached hydrogen (secondary N) is 2. The fraction of sp³-hybridized carbons (Fsp3) is 0.596. The average molecular weight is 1220 g/mol. The van der Waals surface area contributed by atoms with Crippen LogP contribution in [0.1, 0.15) is 63.9 Å². The molecule has 0 saturated carbocycles. The molecule has 0 bridgehead atoms. The number of halogens is 2. The van der Waals surface area contributed by atoms with Gasteiger partial charge in [-0.05, 0) is 47.4 Å². The predicted octanol–water partition coefficient (Wildman–Crippen LogP) is 4.37. The summed E-state index contributed by atoms with van der Waals surface area (Å²) in [5, 5.41) is 16.7. The van der Waals surface area contributed by atoms with Gasteiger partial charge in [0.1, 0.15) is 29.8 Å². The van der Waals surface area contributed by atoms with Crippen LogP contribution in [-0.2, 0) is 88.8 Å². The molecule has 450 valence electrons. The second-order valence-electron chi connectivity index (χ2n) is 19.9. The van der Waals surface area contributed by atoms with Crippen LogP contribution in [0.2, 0.25) is 0 Å². The standard InChI is InChI=1S/C56H80F2N6O14.CH3.Pd/c1-56(2,3)54(55-61-49(47-34-45(57)11-12-48(47)58)40-62(55)38-42-8-5-4-6-9-42)64(53(70)41-65)39-44-36-59-35-43(44)37-60-50(67)16-19-72-21-23-74-25-27-76-29-31-78-33-32-77-30-28-75-26-24-73-22-20-71-18-7-10-46(66)15-17-63-51(68)13-14-52(63)69;;/h4-6,8-9,11-14,34,40,43-44,54,59,65H,7,10,15-33,35-39,41H2,1-3H3,(H,60,67);1H3;/q;-1;/t43?,44?,54-;;/m0../s1. The smallest absolute Gasteiger partial charge is 0.253 e. The zero-order valence-electron chi connectivity index (χ0n) is 46.8. The van der Waals surface area contributed by atoms with Crippen LogP contribution in [0, 0.1) is 36.3 Å². The van der Waals surface area contributed by atoms with E-state index in [-0.39, 0.29) is 107 Å². The summed E-state index contributed by atoms with van der Waals surface area (Å²) >= 11 is 0. The largest absolute Gasteiger partial charge is 0.387 e. The van der Waals surface area contributed by atoms with Crippen molar-refractivity contribution in [2.24, 2.45) is 17.3 Å². The summed E-state index contributed by atoms with van der Waals surface area (Å²) in [5.74, 6) is -2.33. The van der Waals surface area contributed by atoms with Gasteiger partial charge in [-0.2, -0.15) is 0 Å². The van der Waals surface area contributed by atoms with Gasteiger partial charge in [0.05, 0.1) is 111 Å². The van der Waals surface area contributed by atoms with E-state index >= 15 is 4.39 Å². The number of hydrogen-bond donors (Lipinski definition) is 3. The number of benzene rings is 2. The number of nitrogens with zero attached hydrogens (tertiary/aromatic N) is 4. The number of imidazole rings is 1. The molecule has 0 radical (unpaired) electrons. The van der Waals surface area contributed by atoms with Crippen molar-refractivity contribution in [3.63, 3.8) is 0 Å². The maximum absolute atomic E-state index is 15.2. The maximum atomic E-state index is 15.2. The minimum atomic E-state index is -0.737. The van der Waals surface area contributed by atoms with Gasteiger partial charge in [0.25, 0.3) is 11.8 Å². The van der Waals surface area contributed by atoms with E-state index in [1.54, 1.807) is 11.1 Å². The molecule has 20 nitrogen and oxygen atoms in total. The number of hydrogen-bond acceptors (Lipinski definition) is 16. The van der Waals surface area contributed by atoms with Crippen LogP contribution in [0.3, 0.4) is 0 Å². The number of rotatable bonds is 41. The number of aromatic nitrogens is 2. The van der Waals surface area contributed by atoms with Gasteiger partial charge in [-0.1, -0.05) is 51.1 Å². The van der Waals surface area contributed by atoms with E-state index in [0.29, 0.717) is 144 Å². The van der Waals surface area contributed by atoms with Crippen LogP contribution in [0.15, 0.2) is 66.9 Å². The first-order valence-corrected chi connectivity index (χ1v) is 26.9. The Hall–Kier alpha value is -4.74. The van der Waals surface area contributed by atoms with E-state index in [0.717, 1.165) is 28.7 Å². The number of ether oxygens (including phenoxy) is 8. The molecule has 2 aromatic carbocycles. The molecule has 80 heavy (non-hydrogen) atoms. The summed E-state index contributed by atoms with van der Waals surface area (Å²) in [5.41, 5.74) is 0.543. The van der Waals surface area contributed by atoms with Gasteiger partial charge in [-0.25, -0.2) is 13.8 Å². The monoisotopic (exact) mass is 1220 g/mol. The summed E-state index contributed by atoms with van der Waals surface area (Å²) in [6, 6.07) is 12.2. The van der Waals surface area contributed by atoms with Crippen molar-refractivity contribution in [3.8, 4) is 11.3 Å². The molecule has 2 aliphatic heterocycles. The van der Waals surface area contributed by atoms with Gasteiger partial charge in [-0.15, -0.1) is 0 Å². The zero-order valence-corrected chi connectivity index (χ0v) is 48.3. The van der Waals surface area contributed by atoms with Gasteiger partial charge < -0.3 is 70.5 Å². The maximum Gasteiger partial charge on any atom is 0.253 e. The van der Waals surface area contributed by atoms with Gasteiger partial charge in [-0.3, -0.25) is 28.9 Å². The molecule has 5 rings (SSSR count). The van der Waals surface area contributed by atoms with Crippen LogP contribution in [0.4, 0.5) is 8.78 Å². The summed E-state index contributed by atoms with van der Waals surface area (Å²) in [6.45, 7) is 13.7. The van der Waals surface area contributed by atoms with Crippen LogP contribution >= 0.6 is 0 Å². The molecule has 0 spiro atoms. The first-order chi connectivity index (χ1) is 37.7. The summed E-state index contributed by atoms with van der Waals surface area (Å²) in [4.78, 5) is 69.3. The Morgan fingerprint density at radius 1 is 0.738 bits per heavy atom. The normalized spacial score (nSPS) is 15.5. The quantitative estimate of drug-likeness (QED) is 0.0310. The molecule has 1 aromatic heterocycles. The van der Waals surface area contributed by atoms with Crippen LogP contribution < -0.4 is 10.6 Å². The number of aliphatic hydroxyl groups is 1. The van der Waals surface area contributed by atoms with E-state index < -0.39 is 35.6 Å². The number of imide groups is 1. The minimum absolute atomic E-state index is 0. The van der Waals surface area contributed by atoms with Gasteiger partial charge >= 0.3 is 0 Å². The number of Topliss-reactive ketones (excluding diaryl/α,β-unsaturated/α-hetero) is 1. The Labute approximate surface area is 483 Å². The molecular weight excluding hydrogens is 1140 g/mol. The second-order valence-corrected chi connectivity index (χ2v) is 19.9. The molecule has 3 N–H and O–H groups in total. The van der Waals surface area contributed by atoms with Crippen LogP contribution in [0.5, 0.6) is 0 Å². The molecule has 3 atom stereocenters. The fourth-order valence-corrected chi connectivity index (χ4v) is 8.83. The van der Waals surface area contributed by atoms with E-state index in [1.807, 2.05) is 55.7 Å². The van der Waals surface area contributed by atoms with Gasteiger partial charge in [0.15, 0.2) is 0 Å². The van der Waals surface area contributed by atoms with Crippen molar-refractivity contribution in [1.29, 1.82) is 0 Å². The average Bonchev–Trinajstić information content (AvgIpc) is 4.32. The predicted molar refractivity (Wildman–Crippen MR) is 289 cm³/mol. The first-order valence-electron chi connectivity index (χ1n) is 26.9. The third-order valence-electron chi connectivity index (χ3n) is 12.8. The zero-order chi connectivity index (χ0) is 56.0. The molecule has 3 heterocycles. The Morgan fingerprint density at radius 3 is 1.80 bits per heavy atom. The summed E-state index contributed by atoms with van der Waals surface area (Å²) in [7, 11) is 0. The van der Waals surface area contributed by atoms with Crippen molar-refractivity contribution in [2.75, 3.05) is 145 Å². The Morgan fingerprint density at radius 2 is 1.26 bits per heavy atom. The topological polar surface area (TPSA) is 228 Å². The first kappa shape index (κ1) is 69.5. The number of amides is 4. The van der Waals surface area contributed by atoms with Crippen LogP contribution in [-0.4, -0.2) is 199 Å². The molecule has 0 aliphatic carbocycles. The molecule has 1 saturated heterocycles. The SMILES string of the molecule is CC(C)(C)[C@H](c1nc(-c2cc(F)ccc2F)cn1Cc1ccccc1)N(CC1CNCC1CNC(=O)CCOCCOCCOCCOCCOCCOCCOCCOCCCC(=O)CCN1C(=O)C=CC1=O)C(=O)CO.[CH3-].[Pd]. The minimum Gasteiger partial charge on any atom is -0.387 e. The van der Waals surface area contributed by atoms with Crippen molar-refractivity contribution in [2.45, 2.75) is 59.0 Å². The van der Waals surface area contributed by atoms with Gasteiger partial charge in [0, 0.05) is 109 Å². The molecule has 23 heteroatoms. The number of ketones is 1. The van der Waals surface area contributed by atoms with E-state index in [4.69, 9.17) is 42.9 Å². The third-order valence-corrected chi connectivity index (χ3v) is 12.8. The van der Waals surface area contributed by atoms with Crippen molar-refractivity contribution in [3.05, 3.63) is 97.3 Å². The van der Waals surface area contributed by atoms with E-state index in [9.17, 15) is 33.5 Å². The number of carbonyl (C=O) groups excluding carboxylic acids is 5. The molecule has 1 fully saturated rings. The molecule has 2 aliphatic rings. The Kier molecular flexibility index (Phi) is 33.8. The number of aliphatic hydroxyl groups excluding tert-OH is 1. The summed E-state index contributed by atoms with van der Waals surface area (Å²) in [6.07, 6.45) is 5.28. The molecular formula is C57H83F2N6O14Pd-. The Balaban J connectivity index is 0.00000840. The van der Waals surface area contributed by atoms with Crippen LogP contribution in [0.25, 0.3) is 11.3 Å². The number of carbonyl (C=O) groups is 5. The second kappa shape index (κ2) is 38.9. The third kappa shape index (κ3) is 25.2.